The molecule has 0 amide bonds. The van der Waals surface area contributed by atoms with Crippen molar-refractivity contribution >= 4 is 15.9 Å². The molecule has 7 heteroatoms. The second kappa shape index (κ2) is 6.64. The van der Waals surface area contributed by atoms with Gasteiger partial charge in [-0.1, -0.05) is 0 Å². The summed E-state index contributed by atoms with van der Waals surface area (Å²) in [5.74, 6) is 4.40. The third-order valence-corrected chi connectivity index (χ3v) is 4.37. The highest BCUT2D eigenvalue weighted by Gasteiger charge is 2.17. The predicted octanol–water partition coefficient (Wildman–Crippen LogP) is 2.39. The molecule has 0 aliphatic rings. The van der Waals surface area contributed by atoms with Crippen molar-refractivity contribution in [1.82, 2.24) is 15.2 Å². The van der Waals surface area contributed by atoms with E-state index in [9.17, 15) is 8.78 Å². The van der Waals surface area contributed by atoms with Crippen molar-refractivity contribution in [1.29, 1.82) is 0 Å². The molecule has 0 aliphatic heterocycles. The second-order valence-corrected chi connectivity index (χ2v) is 5.81. The van der Waals surface area contributed by atoms with E-state index in [0.29, 0.717) is 18.4 Å². The highest BCUT2D eigenvalue weighted by Crippen LogP contribution is 2.22. The van der Waals surface area contributed by atoms with Crippen LogP contribution in [0.2, 0.25) is 0 Å². The fourth-order valence-electron chi connectivity index (χ4n) is 2.34. The van der Waals surface area contributed by atoms with E-state index in [4.69, 9.17) is 5.84 Å². The molecule has 0 saturated carbocycles. The number of hydrogen-bond donors (Lipinski definition) is 2. The van der Waals surface area contributed by atoms with E-state index in [1.807, 2.05) is 14.0 Å². The fraction of sp³-hybridized carbons (Fsp3) is 0.357. The van der Waals surface area contributed by atoms with Crippen LogP contribution in [-0.4, -0.2) is 15.8 Å². The van der Waals surface area contributed by atoms with Gasteiger partial charge in [0.25, 0.3) is 0 Å². The van der Waals surface area contributed by atoms with Crippen LogP contribution in [0.25, 0.3) is 0 Å². The minimum Gasteiger partial charge on any atom is -0.271 e. The van der Waals surface area contributed by atoms with Crippen molar-refractivity contribution < 1.29 is 8.78 Å². The lowest BCUT2D eigenvalue weighted by molar-refractivity contribution is 0.500. The molecule has 1 heterocycles. The minimum atomic E-state index is -0.585. The van der Waals surface area contributed by atoms with Gasteiger partial charge in [0, 0.05) is 25.6 Å². The van der Waals surface area contributed by atoms with Gasteiger partial charge in [0.05, 0.1) is 15.9 Å². The van der Waals surface area contributed by atoms with Gasteiger partial charge >= 0.3 is 0 Å². The third-order valence-electron chi connectivity index (χ3n) is 3.34. The van der Waals surface area contributed by atoms with Gasteiger partial charge in [-0.15, -0.1) is 0 Å². The van der Waals surface area contributed by atoms with Crippen molar-refractivity contribution in [2.45, 2.75) is 25.8 Å². The quantitative estimate of drug-likeness (QED) is 0.637. The Morgan fingerprint density at radius 3 is 2.38 bits per heavy atom. The van der Waals surface area contributed by atoms with Crippen LogP contribution in [0.1, 0.15) is 17.0 Å². The first-order valence-electron chi connectivity index (χ1n) is 6.49. The van der Waals surface area contributed by atoms with Crippen molar-refractivity contribution in [3.8, 4) is 0 Å². The van der Waals surface area contributed by atoms with Crippen LogP contribution in [0.3, 0.4) is 0 Å². The summed E-state index contributed by atoms with van der Waals surface area (Å²) in [4.78, 5) is 0. The summed E-state index contributed by atoms with van der Waals surface area (Å²) in [5, 5.41) is 4.31. The van der Waals surface area contributed by atoms with Gasteiger partial charge in [-0.05, 0) is 47.0 Å². The maximum atomic E-state index is 13.2. The van der Waals surface area contributed by atoms with Crippen molar-refractivity contribution in [2.75, 3.05) is 0 Å². The van der Waals surface area contributed by atoms with Crippen molar-refractivity contribution in [3.63, 3.8) is 0 Å². The molecule has 2 rings (SSSR count). The summed E-state index contributed by atoms with van der Waals surface area (Å²) in [6.45, 7) is 1.90. The zero-order valence-corrected chi connectivity index (χ0v) is 13.4. The van der Waals surface area contributed by atoms with Gasteiger partial charge in [0.2, 0.25) is 0 Å². The summed E-state index contributed by atoms with van der Waals surface area (Å²) < 4.78 is 29.2. The molecule has 4 nitrogen and oxygen atoms in total. The SMILES string of the molecule is Cc1nn(C)c(CC(Cc2cc(F)cc(F)c2)NN)c1Br. The Bertz CT molecular complexity index is 622. The lowest BCUT2D eigenvalue weighted by Gasteiger charge is -2.16. The number of hydrazine groups is 1. The lowest BCUT2D eigenvalue weighted by Crippen LogP contribution is -2.39. The lowest BCUT2D eigenvalue weighted by atomic mass is 10.0. The van der Waals surface area contributed by atoms with Crippen LogP contribution in [0, 0.1) is 18.6 Å². The average molecular weight is 359 g/mol. The van der Waals surface area contributed by atoms with Gasteiger partial charge in [-0.3, -0.25) is 16.0 Å². The molecule has 0 saturated heterocycles. The maximum Gasteiger partial charge on any atom is 0.126 e. The zero-order chi connectivity index (χ0) is 15.6. The molecule has 0 spiro atoms. The number of hydrogen-bond acceptors (Lipinski definition) is 3. The normalized spacial score (nSPS) is 12.7. The van der Waals surface area contributed by atoms with Gasteiger partial charge < -0.3 is 0 Å². The molecule has 0 radical (unpaired) electrons. The molecule has 21 heavy (non-hydrogen) atoms. The minimum absolute atomic E-state index is 0.155. The topological polar surface area (TPSA) is 55.9 Å². The number of aryl methyl sites for hydroxylation is 2. The molecule has 3 N–H and O–H groups in total. The molecule has 1 aromatic carbocycles. The molecule has 114 valence electrons. The molecule has 2 aromatic rings. The Balaban J connectivity index is 2.16. The molecule has 1 unspecified atom stereocenters. The van der Waals surface area contributed by atoms with E-state index >= 15 is 0 Å². The Morgan fingerprint density at radius 2 is 1.90 bits per heavy atom. The summed E-state index contributed by atoms with van der Waals surface area (Å²) in [7, 11) is 1.85. The van der Waals surface area contributed by atoms with E-state index in [1.54, 1.807) is 4.68 Å². The van der Waals surface area contributed by atoms with E-state index in [1.165, 1.54) is 12.1 Å². The van der Waals surface area contributed by atoms with E-state index < -0.39 is 11.6 Å². The zero-order valence-electron chi connectivity index (χ0n) is 11.8. The summed E-state index contributed by atoms with van der Waals surface area (Å²) in [5.41, 5.74) is 5.12. The van der Waals surface area contributed by atoms with E-state index in [2.05, 4.69) is 26.5 Å². The van der Waals surface area contributed by atoms with Crippen LogP contribution in [-0.2, 0) is 19.9 Å². The highest BCUT2D eigenvalue weighted by molar-refractivity contribution is 9.10. The van der Waals surface area contributed by atoms with Crippen LogP contribution < -0.4 is 11.3 Å². The third kappa shape index (κ3) is 3.87. The Kier molecular flexibility index (Phi) is 5.08. The Hall–Kier alpha value is -1.31. The van der Waals surface area contributed by atoms with Crippen LogP contribution in [0.4, 0.5) is 8.78 Å². The summed E-state index contributed by atoms with van der Waals surface area (Å²) in [6, 6.07) is 3.33. The van der Waals surface area contributed by atoms with Crippen LogP contribution in [0.5, 0.6) is 0 Å². The van der Waals surface area contributed by atoms with E-state index in [-0.39, 0.29) is 6.04 Å². The summed E-state index contributed by atoms with van der Waals surface area (Å²) in [6.07, 6.45) is 1.01. The van der Waals surface area contributed by atoms with Crippen molar-refractivity contribution in [3.05, 3.63) is 51.3 Å². The van der Waals surface area contributed by atoms with Gasteiger partial charge in [0.1, 0.15) is 11.6 Å². The first-order chi connectivity index (χ1) is 9.90. The van der Waals surface area contributed by atoms with Gasteiger partial charge in [0.15, 0.2) is 0 Å². The molecular formula is C14H17BrF2N4. The van der Waals surface area contributed by atoms with Gasteiger partial charge in [-0.2, -0.15) is 5.10 Å². The number of nitrogens with one attached hydrogen (secondary N) is 1. The molecular weight excluding hydrogens is 342 g/mol. The smallest absolute Gasteiger partial charge is 0.126 e. The Labute approximate surface area is 130 Å². The standard InChI is InChI=1S/C14H17BrF2N4/c1-8-14(15)13(21(2)20-8)7-12(19-18)5-9-3-10(16)6-11(17)4-9/h3-4,6,12,19H,5,7,18H2,1-2H3. The molecule has 0 fully saturated rings. The van der Waals surface area contributed by atoms with Crippen LogP contribution >= 0.6 is 15.9 Å². The summed E-state index contributed by atoms with van der Waals surface area (Å²) >= 11 is 3.50. The maximum absolute atomic E-state index is 13.2. The molecule has 1 aromatic heterocycles. The number of rotatable bonds is 5. The number of nitrogens with zero attached hydrogens (tertiary/aromatic N) is 2. The van der Waals surface area contributed by atoms with Crippen LogP contribution in [0.15, 0.2) is 22.7 Å². The van der Waals surface area contributed by atoms with Gasteiger partial charge in [-0.25, -0.2) is 8.78 Å². The number of benzene rings is 1. The molecule has 0 bridgehead atoms. The average Bonchev–Trinajstić information content (AvgIpc) is 2.63. The monoisotopic (exact) mass is 358 g/mol. The number of halogens is 3. The first-order valence-corrected chi connectivity index (χ1v) is 7.29. The molecule has 1 atom stereocenters. The predicted molar refractivity (Wildman–Crippen MR) is 80.5 cm³/mol. The second-order valence-electron chi connectivity index (χ2n) is 5.02. The first kappa shape index (κ1) is 16.1. The fourth-order valence-corrected chi connectivity index (χ4v) is 2.84. The largest absolute Gasteiger partial charge is 0.271 e. The number of aromatic nitrogens is 2. The number of nitrogens with two attached hydrogens (primary N) is 1. The highest BCUT2D eigenvalue weighted by atomic mass is 79.9. The van der Waals surface area contributed by atoms with E-state index in [0.717, 1.165) is 21.9 Å². The Morgan fingerprint density at radius 1 is 1.29 bits per heavy atom. The van der Waals surface area contributed by atoms with Crippen molar-refractivity contribution in [2.24, 2.45) is 12.9 Å². The molecule has 0 aliphatic carbocycles.